The first-order chi connectivity index (χ1) is 18.1. The summed E-state index contributed by atoms with van der Waals surface area (Å²) in [6.45, 7) is 1.93. The molecule has 200 valence electrons. The first-order valence-electron chi connectivity index (χ1n) is 12.4. The lowest BCUT2D eigenvalue weighted by atomic mass is 9.98. The molecule has 0 saturated heterocycles. The van der Waals surface area contributed by atoms with E-state index in [-0.39, 0.29) is 54.3 Å². The molecule has 0 bridgehead atoms. The minimum Gasteiger partial charge on any atom is -0.508 e. The van der Waals surface area contributed by atoms with Crippen LogP contribution in [0.25, 0.3) is 0 Å². The number of Topliss-reactive ketones (excluding diaryl/α,β-unsaturated/α-hetero) is 1. The van der Waals surface area contributed by atoms with E-state index in [1.165, 1.54) is 23.1 Å². The number of hydrogen-bond donors (Lipinski definition) is 3. The van der Waals surface area contributed by atoms with E-state index in [1.807, 2.05) is 31.2 Å². The van der Waals surface area contributed by atoms with Crippen molar-refractivity contribution in [3.8, 4) is 11.5 Å². The van der Waals surface area contributed by atoms with Gasteiger partial charge in [0.1, 0.15) is 23.1 Å². The Balaban J connectivity index is 1.55. The van der Waals surface area contributed by atoms with Gasteiger partial charge in [-0.2, -0.15) is 0 Å². The Morgan fingerprint density at radius 2 is 1.79 bits per heavy atom. The van der Waals surface area contributed by atoms with Gasteiger partial charge in [-0.1, -0.05) is 31.2 Å². The molecule has 7 nitrogen and oxygen atoms in total. The van der Waals surface area contributed by atoms with Gasteiger partial charge in [0.05, 0.1) is 18.1 Å². The van der Waals surface area contributed by atoms with E-state index in [0.29, 0.717) is 0 Å². The second-order valence-corrected chi connectivity index (χ2v) is 9.52. The number of ether oxygens (including phenoxy) is 1. The van der Waals surface area contributed by atoms with Crippen LogP contribution in [0.3, 0.4) is 0 Å². The molecule has 1 amide bonds. The SMILES string of the molecule is CCc1cccc(CN(CC(O)C(N)Cc2cc(F)cc(F)c2)C(=O)C2CC(=O)c3ccc(O)cc3O2)c1. The predicted molar refractivity (Wildman–Crippen MR) is 137 cm³/mol. The Bertz CT molecular complexity index is 1310. The first kappa shape index (κ1) is 27.2. The molecule has 0 aromatic heterocycles. The number of benzene rings is 3. The van der Waals surface area contributed by atoms with E-state index in [9.17, 15) is 28.6 Å². The van der Waals surface area contributed by atoms with Gasteiger partial charge in [-0.3, -0.25) is 9.59 Å². The van der Waals surface area contributed by atoms with Crippen LogP contribution in [0, 0.1) is 11.6 Å². The van der Waals surface area contributed by atoms with Gasteiger partial charge in [0.2, 0.25) is 0 Å². The number of nitrogens with zero attached hydrogens (tertiary/aromatic N) is 1. The van der Waals surface area contributed by atoms with Crippen LogP contribution in [0.15, 0.2) is 60.7 Å². The number of hydrogen-bond acceptors (Lipinski definition) is 6. The van der Waals surface area contributed by atoms with Gasteiger partial charge in [0.25, 0.3) is 5.91 Å². The number of halogens is 2. The lowest BCUT2D eigenvalue weighted by Gasteiger charge is -2.33. The van der Waals surface area contributed by atoms with E-state index >= 15 is 0 Å². The third-order valence-electron chi connectivity index (χ3n) is 6.56. The molecule has 38 heavy (non-hydrogen) atoms. The maximum atomic E-state index is 13.6. The largest absolute Gasteiger partial charge is 0.508 e. The van der Waals surface area contributed by atoms with Gasteiger partial charge in [0.15, 0.2) is 11.9 Å². The number of fused-ring (bicyclic) bond motifs is 1. The molecule has 9 heteroatoms. The second kappa shape index (κ2) is 11.7. The van der Waals surface area contributed by atoms with E-state index in [1.54, 1.807) is 0 Å². The van der Waals surface area contributed by atoms with Gasteiger partial charge >= 0.3 is 0 Å². The molecular weight excluding hydrogens is 494 g/mol. The number of rotatable bonds is 9. The lowest BCUT2D eigenvalue weighted by Crippen LogP contribution is -2.50. The molecule has 3 atom stereocenters. The molecule has 0 radical (unpaired) electrons. The van der Waals surface area contributed by atoms with Gasteiger partial charge in [-0.15, -0.1) is 0 Å². The Morgan fingerprint density at radius 1 is 1.08 bits per heavy atom. The maximum Gasteiger partial charge on any atom is 0.264 e. The summed E-state index contributed by atoms with van der Waals surface area (Å²) in [6, 6.07) is 13.8. The second-order valence-electron chi connectivity index (χ2n) is 9.52. The topological polar surface area (TPSA) is 113 Å². The molecule has 0 saturated carbocycles. The van der Waals surface area contributed by atoms with Crippen molar-refractivity contribution in [1.29, 1.82) is 0 Å². The van der Waals surface area contributed by atoms with Crippen LogP contribution in [0.1, 0.15) is 40.4 Å². The highest BCUT2D eigenvalue weighted by atomic mass is 19.1. The molecule has 3 unspecified atom stereocenters. The number of carbonyl (C=O) groups excluding carboxylic acids is 2. The maximum absolute atomic E-state index is 13.6. The molecule has 0 spiro atoms. The molecule has 4 rings (SSSR count). The highest BCUT2D eigenvalue weighted by molar-refractivity contribution is 6.03. The zero-order chi connectivity index (χ0) is 27.4. The fraction of sp³-hybridized carbons (Fsp3) is 0.310. The molecule has 1 aliphatic rings. The molecule has 4 N–H and O–H groups in total. The number of phenolic OH excluding ortho intramolecular Hbond substituents is 1. The van der Waals surface area contributed by atoms with Crippen molar-refractivity contribution in [3.63, 3.8) is 0 Å². The third-order valence-corrected chi connectivity index (χ3v) is 6.56. The number of ketones is 1. The highest BCUT2D eigenvalue weighted by Gasteiger charge is 2.35. The monoisotopic (exact) mass is 524 g/mol. The Labute approximate surface area is 219 Å². The van der Waals surface area contributed by atoms with Crippen LogP contribution in [0.2, 0.25) is 0 Å². The molecule has 3 aromatic carbocycles. The van der Waals surface area contributed by atoms with Crippen molar-refractivity contribution in [3.05, 3.63) is 94.6 Å². The summed E-state index contributed by atoms with van der Waals surface area (Å²) in [4.78, 5) is 27.7. The molecule has 0 aliphatic carbocycles. The van der Waals surface area contributed by atoms with E-state index in [0.717, 1.165) is 35.7 Å². The number of aliphatic hydroxyl groups is 1. The summed E-state index contributed by atoms with van der Waals surface area (Å²) in [6.07, 6.45) is -1.83. The predicted octanol–water partition coefficient (Wildman–Crippen LogP) is 3.53. The zero-order valence-electron chi connectivity index (χ0n) is 20.9. The number of aryl methyl sites for hydroxylation is 1. The number of phenols is 1. The van der Waals surface area contributed by atoms with Crippen LogP contribution in [0.4, 0.5) is 8.78 Å². The van der Waals surface area contributed by atoms with Crippen LogP contribution in [-0.4, -0.2) is 51.6 Å². The van der Waals surface area contributed by atoms with Crippen LogP contribution < -0.4 is 10.5 Å². The number of nitrogens with two attached hydrogens (primary N) is 1. The summed E-state index contributed by atoms with van der Waals surface area (Å²) < 4.78 is 33.0. The van der Waals surface area contributed by atoms with E-state index in [2.05, 4.69) is 0 Å². The van der Waals surface area contributed by atoms with E-state index < -0.39 is 35.8 Å². The van der Waals surface area contributed by atoms with Crippen molar-refractivity contribution in [2.75, 3.05) is 6.54 Å². The zero-order valence-corrected chi connectivity index (χ0v) is 20.9. The minimum absolute atomic E-state index is 0.0196. The van der Waals surface area contributed by atoms with Crippen molar-refractivity contribution in [2.45, 2.75) is 51.0 Å². The standard InChI is InChI=1S/C29H30F2N2O5/c1-2-17-4-3-5-18(8-17)15-33(16-26(36)24(32)11-19-9-20(30)12-21(31)10-19)29(37)28-14-25(35)23-7-6-22(34)13-27(23)38-28/h3-10,12-13,24,26,28,34,36H,2,11,14-16,32H2,1H3. The normalized spacial score (nSPS) is 16.3. The first-order valence-corrected chi connectivity index (χ1v) is 12.4. The lowest BCUT2D eigenvalue weighted by molar-refractivity contribution is -0.141. The molecule has 3 aromatic rings. The fourth-order valence-corrected chi connectivity index (χ4v) is 4.55. The van der Waals surface area contributed by atoms with Crippen molar-refractivity contribution < 1.29 is 33.3 Å². The Kier molecular flexibility index (Phi) is 8.38. The minimum atomic E-state index is -1.24. The van der Waals surface area contributed by atoms with Crippen LogP contribution in [0.5, 0.6) is 11.5 Å². The van der Waals surface area contributed by atoms with Crippen molar-refractivity contribution in [1.82, 2.24) is 4.90 Å². The summed E-state index contributed by atoms with van der Waals surface area (Å²) >= 11 is 0. The quantitative estimate of drug-likeness (QED) is 0.395. The van der Waals surface area contributed by atoms with Crippen molar-refractivity contribution >= 4 is 11.7 Å². The average molecular weight is 525 g/mol. The van der Waals surface area contributed by atoms with Gasteiger partial charge < -0.3 is 25.6 Å². The summed E-state index contributed by atoms with van der Waals surface area (Å²) in [5, 5.41) is 20.7. The smallest absolute Gasteiger partial charge is 0.264 e. The Hall–Kier alpha value is -3.82. The van der Waals surface area contributed by atoms with E-state index in [4.69, 9.17) is 10.5 Å². The molecule has 1 aliphatic heterocycles. The summed E-state index contributed by atoms with van der Waals surface area (Å²) in [5.74, 6) is -2.33. The molecule has 0 fully saturated rings. The van der Waals surface area contributed by atoms with Gasteiger partial charge in [-0.25, -0.2) is 8.78 Å². The van der Waals surface area contributed by atoms with Crippen LogP contribution >= 0.6 is 0 Å². The van der Waals surface area contributed by atoms with Crippen molar-refractivity contribution in [2.24, 2.45) is 5.73 Å². The number of amides is 1. The molecule has 1 heterocycles. The third kappa shape index (κ3) is 6.54. The highest BCUT2D eigenvalue weighted by Crippen LogP contribution is 2.31. The number of aromatic hydroxyl groups is 1. The number of carbonyl (C=O) groups is 2. The van der Waals surface area contributed by atoms with Gasteiger partial charge in [0, 0.05) is 31.3 Å². The van der Waals surface area contributed by atoms with Gasteiger partial charge in [-0.05, 0) is 53.8 Å². The fourth-order valence-electron chi connectivity index (χ4n) is 4.55. The number of aliphatic hydroxyl groups excluding tert-OH is 1. The average Bonchev–Trinajstić information content (AvgIpc) is 2.87. The molecular formula is C29H30F2N2O5. The summed E-state index contributed by atoms with van der Waals surface area (Å²) in [5.41, 5.74) is 8.60. The Morgan fingerprint density at radius 3 is 2.50 bits per heavy atom. The van der Waals surface area contributed by atoms with Crippen LogP contribution in [-0.2, 0) is 24.2 Å². The summed E-state index contributed by atoms with van der Waals surface area (Å²) in [7, 11) is 0.